The minimum atomic E-state index is -4.20. The molecule has 1 fully saturated rings. The Bertz CT molecular complexity index is 1090. The zero-order valence-electron chi connectivity index (χ0n) is 36.5. The number of methoxy groups -OCH3 is 2. The van der Waals surface area contributed by atoms with E-state index in [0.29, 0.717) is 12.8 Å². The van der Waals surface area contributed by atoms with E-state index in [2.05, 4.69) is 44.5 Å². The summed E-state index contributed by atoms with van der Waals surface area (Å²) in [5.74, 6) is -0.160. The van der Waals surface area contributed by atoms with E-state index in [1.807, 2.05) is 6.92 Å². The van der Waals surface area contributed by atoms with Crippen molar-refractivity contribution in [2.75, 3.05) is 40.6 Å². The number of allylic oxidation sites excluding steroid dienone is 3. The van der Waals surface area contributed by atoms with Gasteiger partial charge in [0.2, 0.25) is 12.2 Å². The predicted octanol–water partition coefficient (Wildman–Crippen LogP) is 11.5. The van der Waals surface area contributed by atoms with Crippen molar-refractivity contribution in [3.8, 4) is 0 Å². The van der Waals surface area contributed by atoms with Crippen LogP contribution in [0.4, 0.5) is 0 Å². The topological polar surface area (TPSA) is 120 Å². The van der Waals surface area contributed by atoms with E-state index in [4.69, 9.17) is 37.3 Å². The van der Waals surface area contributed by atoms with Crippen molar-refractivity contribution in [1.82, 2.24) is 5.32 Å². The second-order valence-electron chi connectivity index (χ2n) is 14.9. The maximum absolute atomic E-state index is 14.0. The Labute approximate surface area is 347 Å². The van der Waals surface area contributed by atoms with Crippen LogP contribution in [-0.2, 0) is 46.6 Å². The molecule has 1 aliphatic rings. The van der Waals surface area contributed by atoms with Gasteiger partial charge in [-0.3, -0.25) is 18.4 Å². The molecule has 1 rings (SSSR count). The van der Waals surface area contributed by atoms with E-state index in [-0.39, 0.29) is 38.4 Å². The molecule has 11 nitrogen and oxygen atoms in total. The molecule has 0 aromatic heterocycles. The van der Waals surface area contributed by atoms with Gasteiger partial charge >= 0.3 is 7.82 Å². The molecular formula is C45H82NO10P. The standard InChI is InChI=1S/C45H82NO10P/c1-8-13-15-17-18-19-20-21-22-23-24-25-26-28-30-32-41(47)46-42-44(51-37-33-39(50-7)31-29-27-16-14-9-2)43(40(38-49-6)55-45(42)52-34-10-3)56-57(48,53-35-11-4)54-36-12-5/h10-12,19-20,34,39-40,42-45H,4-5,8-9,13-18,21-33,35-38H2,1-3,6-7H3,(H,46,47)/b20-19-,34-10-/t39-,40-,42-,43?,44-,45+/m1/s1. The number of phosphoric acid groups is 1. The molecule has 0 radical (unpaired) electrons. The molecule has 1 aliphatic heterocycles. The molecule has 1 heterocycles. The number of phosphoric ester groups is 1. The van der Waals surface area contributed by atoms with Gasteiger partial charge in [-0.25, -0.2) is 4.57 Å². The molecule has 1 amide bonds. The lowest BCUT2D eigenvalue weighted by molar-refractivity contribution is -0.262. The number of carbonyl (C=O) groups is 1. The van der Waals surface area contributed by atoms with Crippen molar-refractivity contribution in [1.29, 1.82) is 0 Å². The minimum absolute atomic E-state index is 0.0105. The lowest BCUT2D eigenvalue weighted by Gasteiger charge is -2.46. The van der Waals surface area contributed by atoms with Gasteiger partial charge in [-0.2, -0.15) is 0 Å². The molecule has 1 N–H and O–H groups in total. The predicted molar refractivity (Wildman–Crippen MR) is 231 cm³/mol. The van der Waals surface area contributed by atoms with Crippen LogP contribution in [0.1, 0.15) is 156 Å². The Morgan fingerprint density at radius 2 is 1.37 bits per heavy atom. The third-order valence-corrected chi connectivity index (χ3v) is 11.4. The van der Waals surface area contributed by atoms with Gasteiger partial charge in [0.15, 0.2) is 0 Å². The molecule has 1 saturated heterocycles. The first-order valence-corrected chi connectivity index (χ1v) is 23.6. The van der Waals surface area contributed by atoms with Crippen LogP contribution in [0.3, 0.4) is 0 Å². The van der Waals surface area contributed by atoms with Gasteiger partial charge in [0.05, 0.1) is 32.2 Å². The maximum atomic E-state index is 14.0. The van der Waals surface area contributed by atoms with Crippen molar-refractivity contribution in [2.24, 2.45) is 0 Å². The van der Waals surface area contributed by atoms with Crippen molar-refractivity contribution in [3.05, 3.63) is 49.8 Å². The lowest BCUT2D eigenvalue weighted by Crippen LogP contribution is -2.66. The number of carbonyl (C=O) groups excluding carboxylic acids is 1. The van der Waals surface area contributed by atoms with Gasteiger partial charge in [0.25, 0.3) is 0 Å². The van der Waals surface area contributed by atoms with Crippen molar-refractivity contribution < 1.29 is 46.6 Å². The molecule has 12 heteroatoms. The van der Waals surface area contributed by atoms with Gasteiger partial charge in [0, 0.05) is 27.2 Å². The summed E-state index contributed by atoms with van der Waals surface area (Å²) < 4.78 is 61.8. The van der Waals surface area contributed by atoms with Crippen LogP contribution in [0.15, 0.2) is 49.8 Å². The average molecular weight is 828 g/mol. The molecular weight excluding hydrogens is 745 g/mol. The Kier molecular flexibility index (Phi) is 33.7. The second-order valence-corrected chi connectivity index (χ2v) is 16.5. The number of unbranched alkanes of at least 4 members (excludes halogenated alkanes) is 15. The van der Waals surface area contributed by atoms with Gasteiger partial charge < -0.3 is 29.0 Å². The Hall–Kier alpha value is -1.82. The number of rotatable bonds is 39. The highest BCUT2D eigenvalue weighted by molar-refractivity contribution is 7.48. The van der Waals surface area contributed by atoms with Crippen LogP contribution in [0, 0.1) is 0 Å². The Morgan fingerprint density at radius 1 is 0.789 bits per heavy atom. The molecule has 0 aromatic rings. The third-order valence-electron chi connectivity index (χ3n) is 9.98. The highest BCUT2D eigenvalue weighted by Crippen LogP contribution is 2.52. The SMILES string of the molecule is C=CCOP(=O)(OCC=C)OC1[C@@H](COC)O[C@H](O/C=C\C)[C@H](NC(=O)CCCCCCCCC/C=C\CCCCCC)[C@H]1OCC[C@@H](CCCCCCC)OC. The number of nitrogens with one attached hydrogen (secondary N) is 1. The summed E-state index contributed by atoms with van der Waals surface area (Å²) >= 11 is 0. The molecule has 0 aliphatic carbocycles. The van der Waals surface area contributed by atoms with Crippen molar-refractivity contribution >= 4 is 13.7 Å². The monoisotopic (exact) mass is 828 g/mol. The lowest BCUT2D eigenvalue weighted by atomic mass is 9.96. The zero-order chi connectivity index (χ0) is 41.8. The summed E-state index contributed by atoms with van der Waals surface area (Å²) in [5.41, 5.74) is 0. The molecule has 6 atom stereocenters. The Morgan fingerprint density at radius 3 is 1.95 bits per heavy atom. The summed E-state index contributed by atoms with van der Waals surface area (Å²) in [5, 5.41) is 3.14. The number of hydrogen-bond acceptors (Lipinski definition) is 10. The fourth-order valence-corrected chi connectivity index (χ4v) is 8.12. The largest absolute Gasteiger partial charge is 0.475 e. The van der Waals surface area contributed by atoms with Crippen LogP contribution < -0.4 is 5.32 Å². The van der Waals surface area contributed by atoms with E-state index in [1.165, 1.54) is 96.2 Å². The van der Waals surface area contributed by atoms with Crippen LogP contribution in [-0.4, -0.2) is 83.3 Å². The van der Waals surface area contributed by atoms with Gasteiger partial charge in [-0.15, -0.1) is 13.2 Å². The fourth-order valence-electron chi connectivity index (χ4n) is 6.79. The molecule has 0 saturated carbocycles. The average Bonchev–Trinajstić information content (AvgIpc) is 3.21. The molecule has 0 spiro atoms. The summed E-state index contributed by atoms with van der Waals surface area (Å²) in [7, 11) is -0.950. The zero-order valence-corrected chi connectivity index (χ0v) is 37.4. The molecule has 332 valence electrons. The first kappa shape index (κ1) is 53.2. The first-order chi connectivity index (χ1) is 27.8. The maximum Gasteiger partial charge on any atom is 0.475 e. The normalized spacial score (nSPS) is 20.6. The summed E-state index contributed by atoms with van der Waals surface area (Å²) in [6.45, 7) is 13.8. The fraction of sp³-hybridized carbons (Fsp3) is 0.800. The summed E-state index contributed by atoms with van der Waals surface area (Å²) in [6, 6.07) is -0.834. The highest BCUT2D eigenvalue weighted by Gasteiger charge is 2.52. The number of ether oxygens (including phenoxy) is 5. The van der Waals surface area contributed by atoms with E-state index in [9.17, 15) is 9.36 Å². The number of hydrogen-bond donors (Lipinski definition) is 1. The third kappa shape index (κ3) is 25.4. The molecule has 1 unspecified atom stereocenters. The second kappa shape index (κ2) is 36.1. The quantitative estimate of drug-likeness (QED) is 0.0277. The smallest absolute Gasteiger partial charge is 0.471 e. The van der Waals surface area contributed by atoms with Crippen LogP contribution in [0.5, 0.6) is 0 Å². The van der Waals surface area contributed by atoms with E-state index in [0.717, 1.165) is 51.4 Å². The van der Waals surface area contributed by atoms with Crippen LogP contribution in [0.2, 0.25) is 0 Å². The number of amides is 1. The molecule has 0 aromatic carbocycles. The molecule has 0 bridgehead atoms. The Balaban J connectivity index is 3.04. The van der Waals surface area contributed by atoms with E-state index >= 15 is 0 Å². The summed E-state index contributed by atoms with van der Waals surface area (Å²) in [6.07, 6.45) is 30.1. The van der Waals surface area contributed by atoms with Gasteiger partial charge in [-0.1, -0.05) is 128 Å². The summed E-state index contributed by atoms with van der Waals surface area (Å²) in [4.78, 5) is 13.6. The minimum Gasteiger partial charge on any atom is -0.471 e. The van der Waals surface area contributed by atoms with Crippen molar-refractivity contribution in [2.45, 2.75) is 192 Å². The van der Waals surface area contributed by atoms with E-state index < -0.39 is 38.5 Å². The van der Waals surface area contributed by atoms with Gasteiger partial charge in [-0.05, 0) is 51.9 Å². The van der Waals surface area contributed by atoms with Crippen molar-refractivity contribution in [3.63, 3.8) is 0 Å². The van der Waals surface area contributed by atoms with Crippen LogP contribution in [0.25, 0.3) is 0 Å². The van der Waals surface area contributed by atoms with Crippen LogP contribution >= 0.6 is 7.82 Å². The van der Waals surface area contributed by atoms with E-state index in [1.54, 1.807) is 13.2 Å². The van der Waals surface area contributed by atoms with Gasteiger partial charge in [0.1, 0.15) is 24.4 Å². The highest BCUT2D eigenvalue weighted by atomic mass is 31.2. The molecule has 57 heavy (non-hydrogen) atoms. The first-order valence-electron chi connectivity index (χ1n) is 22.1.